The molecule has 3 atom stereocenters. The van der Waals surface area contributed by atoms with Crippen molar-refractivity contribution in [3.63, 3.8) is 0 Å². The average Bonchev–Trinajstić information content (AvgIpc) is 3.67. The first-order chi connectivity index (χ1) is 19.5. The first-order valence-electron chi connectivity index (χ1n) is 13.4. The number of nitrogens with one attached hydrogen (secondary N) is 2. The van der Waals surface area contributed by atoms with Crippen molar-refractivity contribution in [2.24, 2.45) is 7.05 Å². The van der Waals surface area contributed by atoms with Crippen LogP contribution in [0.15, 0.2) is 97.6 Å². The highest BCUT2D eigenvalue weighted by atomic mass is 16.5. The lowest BCUT2D eigenvalue weighted by molar-refractivity contribution is 0.204. The van der Waals surface area contributed by atoms with Gasteiger partial charge in [-0.15, -0.1) is 0 Å². The van der Waals surface area contributed by atoms with Crippen LogP contribution >= 0.6 is 0 Å². The van der Waals surface area contributed by atoms with Crippen LogP contribution in [0, 0.1) is 6.92 Å². The van der Waals surface area contributed by atoms with Gasteiger partial charge in [-0.2, -0.15) is 10.2 Å². The molecular weight excluding hydrogens is 502 g/mol. The molecule has 1 aliphatic rings. The topological polar surface area (TPSA) is 98.9 Å². The highest BCUT2D eigenvalue weighted by Gasteiger charge is 2.37. The normalized spacial score (nSPS) is 18.4. The van der Waals surface area contributed by atoms with Gasteiger partial charge in [0.15, 0.2) is 0 Å². The molecule has 2 N–H and O–H groups in total. The Morgan fingerprint density at radius 2 is 1.75 bits per heavy atom. The molecule has 1 aliphatic carbocycles. The van der Waals surface area contributed by atoms with Gasteiger partial charge in [0, 0.05) is 48.9 Å². The van der Waals surface area contributed by atoms with Gasteiger partial charge in [0.2, 0.25) is 0 Å². The zero-order valence-corrected chi connectivity index (χ0v) is 22.4. The van der Waals surface area contributed by atoms with Crippen LogP contribution in [0.3, 0.4) is 0 Å². The smallest absolute Gasteiger partial charge is 0.320 e. The predicted molar refractivity (Wildman–Crippen MR) is 154 cm³/mol. The molecule has 0 bridgehead atoms. The van der Waals surface area contributed by atoms with E-state index in [1.165, 1.54) is 5.56 Å². The molecule has 0 unspecified atom stereocenters. The Labute approximate surface area is 232 Å². The Morgan fingerprint density at radius 1 is 0.975 bits per heavy atom. The fourth-order valence-electron chi connectivity index (χ4n) is 5.45. The fraction of sp³-hybridized carbons (Fsp3) is 0.226. The maximum absolute atomic E-state index is 13.6. The summed E-state index contributed by atoms with van der Waals surface area (Å²) in [5.74, 6) is 1.45. The van der Waals surface area contributed by atoms with E-state index in [-0.39, 0.29) is 24.1 Å². The number of rotatable bonds is 7. The van der Waals surface area contributed by atoms with E-state index < -0.39 is 0 Å². The molecule has 2 aromatic carbocycles. The molecule has 2 amide bonds. The van der Waals surface area contributed by atoms with Gasteiger partial charge in [0.05, 0.1) is 18.1 Å². The summed E-state index contributed by atoms with van der Waals surface area (Å²) in [6.45, 7) is 1.96. The molecule has 9 heteroatoms. The largest absolute Gasteiger partial charge is 0.489 e. The van der Waals surface area contributed by atoms with E-state index in [0.29, 0.717) is 12.2 Å². The third-order valence-electron chi connectivity index (χ3n) is 7.33. The molecule has 1 saturated carbocycles. The molecule has 202 valence electrons. The minimum atomic E-state index is -0.286. The van der Waals surface area contributed by atoms with Gasteiger partial charge in [0.25, 0.3) is 0 Å². The van der Waals surface area contributed by atoms with Crippen LogP contribution in [-0.2, 0) is 7.05 Å². The number of aromatic nitrogens is 5. The second-order valence-corrected chi connectivity index (χ2v) is 10.1. The molecule has 9 nitrogen and oxygen atoms in total. The highest BCUT2D eigenvalue weighted by Crippen LogP contribution is 2.37. The van der Waals surface area contributed by atoms with Gasteiger partial charge in [-0.05, 0) is 43.2 Å². The molecule has 6 rings (SSSR count). The highest BCUT2D eigenvalue weighted by molar-refractivity contribution is 5.91. The van der Waals surface area contributed by atoms with Gasteiger partial charge < -0.3 is 10.1 Å². The van der Waals surface area contributed by atoms with E-state index >= 15 is 0 Å². The first-order valence-corrected chi connectivity index (χ1v) is 13.4. The summed E-state index contributed by atoms with van der Waals surface area (Å²) < 4.78 is 9.76. The monoisotopic (exact) mass is 533 g/mol. The summed E-state index contributed by atoms with van der Waals surface area (Å²) in [5.41, 5.74) is 4.53. The van der Waals surface area contributed by atoms with Crippen molar-refractivity contribution < 1.29 is 9.53 Å². The minimum Gasteiger partial charge on any atom is -0.489 e. The third-order valence-corrected chi connectivity index (χ3v) is 7.33. The lowest BCUT2D eigenvalue weighted by Gasteiger charge is -2.21. The van der Waals surface area contributed by atoms with Gasteiger partial charge in [0.1, 0.15) is 23.4 Å². The van der Waals surface area contributed by atoms with Crippen molar-refractivity contribution >= 4 is 11.8 Å². The number of para-hydroxylation sites is 1. The number of nitrogens with zero attached hydrogens (tertiary/aromatic N) is 5. The van der Waals surface area contributed by atoms with Gasteiger partial charge in [-0.1, -0.05) is 48.5 Å². The zero-order valence-electron chi connectivity index (χ0n) is 22.4. The van der Waals surface area contributed by atoms with E-state index in [1.54, 1.807) is 28.0 Å². The number of hydrogen-bond donors (Lipinski definition) is 2. The predicted octanol–water partition coefficient (Wildman–Crippen LogP) is 5.49. The van der Waals surface area contributed by atoms with Crippen LogP contribution in [-0.4, -0.2) is 42.7 Å². The number of hydrogen-bond acceptors (Lipinski definition) is 5. The molecular formula is C31H31N7O2. The number of urea groups is 1. The molecule has 40 heavy (non-hydrogen) atoms. The van der Waals surface area contributed by atoms with Gasteiger partial charge >= 0.3 is 6.03 Å². The summed E-state index contributed by atoms with van der Waals surface area (Å²) in [6.07, 6.45) is 8.56. The lowest BCUT2D eigenvalue weighted by Crippen LogP contribution is -2.40. The van der Waals surface area contributed by atoms with Crippen LogP contribution in [0.4, 0.5) is 10.6 Å². The van der Waals surface area contributed by atoms with Crippen molar-refractivity contribution in [3.05, 3.63) is 109 Å². The number of pyridine rings is 1. The number of carbonyl (C=O) groups excluding carboxylic acids is 1. The van der Waals surface area contributed by atoms with Crippen LogP contribution < -0.4 is 15.4 Å². The molecule has 1 fully saturated rings. The SMILES string of the molecule is Cc1c(-c2cnn(C)c2)nn(-c2ccccc2)c1NC(=O)N[C@@H]1C[C@@H](Oc2cccnc2)C[C@H]1c1ccccc1. The molecule has 3 aromatic heterocycles. The van der Waals surface area contributed by atoms with Gasteiger partial charge in [-0.3, -0.25) is 15.0 Å². The molecule has 0 aliphatic heterocycles. The van der Waals surface area contributed by atoms with Crippen molar-refractivity contribution in [3.8, 4) is 22.7 Å². The van der Waals surface area contributed by atoms with E-state index in [1.807, 2.05) is 80.8 Å². The zero-order chi connectivity index (χ0) is 27.5. The summed E-state index contributed by atoms with van der Waals surface area (Å²) >= 11 is 0. The van der Waals surface area contributed by atoms with E-state index in [2.05, 4.69) is 32.8 Å². The summed E-state index contributed by atoms with van der Waals surface area (Å²) in [4.78, 5) is 17.7. The molecule has 0 radical (unpaired) electrons. The Kier molecular flexibility index (Phi) is 7.01. The van der Waals surface area contributed by atoms with Crippen LogP contribution in [0.5, 0.6) is 5.75 Å². The van der Waals surface area contributed by atoms with E-state index in [9.17, 15) is 4.79 Å². The Bertz CT molecular complexity index is 1580. The second kappa shape index (κ2) is 11.1. The standard InChI is InChI=1S/C31H31N7O2/c1-21-29(23-18-33-37(2)20-23)36-38(24-12-7-4-8-13-24)30(21)35-31(39)34-28-17-26(40-25-14-9-15-32-19-25)16-27(28)22-10-5-3-6-11-22/h3-15,18-20,26-28H,16-17H2,1-2H3,(H2,34,35,39)/t26-,27-,28+/m0/s1. The van der Waals surface area contributed by atoms with E-state index in [0.717, 1.165) is 34.7 Å². The summed E-state index contributed by atoms with van der Waals surface area (Å²) in [5, 5.41) is 15.5. The van der Waals surface area contributed by atoms with Crippen molar-refractivity contribution in [1.82, 2.24) is 29.9 Å². The minimum absolute atomic E-state index is 0.0477. The summed E-state index contributed by atoms with van der Waals surface area (Å²) in [6, 6.07) is 23.4. The Morgan fingerprint density at radius 3 is 2.45 bits per heavy atom. The quantitative estimate of drug-likeness (QED) is 0.288. The maximum atomic E-state index is 13.6. The average molecular weight is 534 g/mol. The van der Waals surface area contributed by atoms with Crippen molar-refractivity contribution in [2.75, 3.05) is 5.32 Å². The number of ether oxygens (including phenoxy) is 1. The number of benzene rings is 2. The first kappa shape index (κ1) is 25.4. The van der Waals surface area contributed by atoms with Crippen LogP contribution in [0.2, 0.25) is 0 Å². The number of amides is 2. The van der Waals surface area contributed by atoms with E-state index in [4.69, 9.17) is 9.84 Å². The Hall–Kier alpha value is -4.92. The van der Waals surface area contributed by atoms with Crippen LogP contribution in [0.1, 0.15) is 29.9 Å². The molecule has 0 saturated heterocycles. The molecule has 3 heterocycles. The molecule has 0 spiro atoms. The third kappa shape index (κ3) is 5.31. The fourth-order valence-corrected chi connectivity index (χ4v) is 5.45. The van der Waals surface area contributed by atoms with Crippen LogP contribution in [0.25, 0.3) is 16.9 Å². The summed E-state index contributed by atoms with van der Waals surface area (Å²) in [7, 11) is 1.87. The lowest BCUT2D eigenvalue weighted by atomic mass is 9.94. The number of aryl methyl sites for hydroxylation is 1. The van der Waals surface area contributed by atoms with Crippen molar-refractivity contribution in [1.29, 1.82) is 0 Å². The number of carbonyl (C=O) groups is 1. The maximum Gasteiger partial charge on any atom is 0.320 e. The van der Waals surface area contributed by atoms with Crippen molar-refractivity contribution in [2.45, 2.75) is 37.8 Å². The number of anilines is 1. The Balaban J connectivity index is 1.26. The molecule has 5 aromatic rings. The second-order valence-electron chi connectivity index (χ2n) is 10.1. The van der Waals surface area contributed by atoms with Gasteiger partial charge in [-0.25, -0.2) is 9.48 Å².